The van der Waals surface area contributed by atoms with Crippen molar-refractivity contribution in [3.63, 3.8) is 0 Å². The molecule has 0 radical (unpaired) electrons. The van der Waals surface area contributed by atoms with Gasteiger partial charge in [-0.15, -0.1) is 0 Å². The van der Waals surface area contributed by atoms with Gasteiger partial charge in [-0.25, -0.2) is 14.2 Å². The summed E-state index contributed by atoms with van der Waals surface area (Å²) >= 11 is 0. The Bertz CT molecular complexity index is 1090. The van der Waals surface area contributed by atoms with Crippen LogP contribution >= 0.6 is 0 Å². The number of anilines is 1. The van der Waals surface area contributed by atoms with Crippen molar-refractivity contribution in [3.8, 4) is 11.4 Å². The predicted octanol–water partition coefficient (Wildman–Crippen LogP) is 2.60. The highest BCUT2D eigenvalue weighted by atomic mass is 32.2. The summed E-state index contributed by atoms with van der Waals surface area (Å²) < 4.78 is 22.1. The van der Waals surface area contributed by atoms with Gasteiger partial charge in [0, 0.05) is 45.8 Å². The average molecular weight is 386 g/mol. The fourth-order valence-corrected chi connectivity index (χ4v) is 3.74. The highest BCUT2D eigenvalue weighted by Gasteiger charge is 2.22. The van der Waals surface area contributed by atoms with Crippen LogP contribution in [0.15, 0.2) is 34.8 Å². The molecule has 0 aliphatic carbocycles. The van der Waals surface area contributed by atoms with Gasteiger partial charge >= 0.3 is 0 Å². The molecule has 8 nitrogen and oxygen atoms in total. The Morgan fingerprint density at radius 1 is 1.33 bits per heavy atom. The van der Waals surface area contributed by atoms with Crippen LogP contribution in [0.3, 0.4) is 0 Å². The van der Waals surface area contributed by atoms with Crippen molar-refractivity contribution in [3.05, 3.63) is 30.5 Å². The minimum atomic E-state index is -2.35. The van der Waals surface area contributed by atoms with Crippen LogP contribution < -0.4 is 4.90 Å². The molecule has 0 unspecified atom stereocenters. The first-order valence-corrected chi connectivity index (χ1v) is 11.1. The fraction of sp³-hybridized carbons (Fsp3) is 0.389. The molecule has 1 aliphatic rings. The Hall–Kier alpha value is -2.52. The van der Waals surface area contributed by atoms with Crippen molar-refractivity contribution in [2.45, 2.75) is 13.0 Å². The van der Waals surface area contributed by atoms with E-state index in [0.717, 1.165) is 28.8 Å². The largest absolute Gasteiger partial charge is 0.377 e. The molecule has 0 bridgehead atoms. The van der Waals surface area contributed by atoms with Crippen LogP contribution in [0, 0.1) is 0 Å². The van der Waals surface area contributed by atoms with E-state index in [9.17, 15) is 4.21 Å². The lowest BCUT2D eigenvalue weighted by molar-refractivity contribution is 0.0985. The monoisotopic (exact) mass is 386 g/mol. The van der Waals surface area contributed by atoms with Gasteiger partial charge < -0.3 is 9.64 Å². The number of fused-ring (bicyclic) bond motifs is 1. The Kier molecular flexibility index (Phi) is 4.56. The summed E-state index contributed by atoms with van der Waals surface area (Å²) in [6.07, 6.45) is 4.96. The van der Waals surface area contributed by atoms with E-state index >= 15 is 0 Å². The maximum absolute atomic E-state index is 12.3. The van der Waals surface area contributed by atoms with E-state index in [1.54, 1.807) is 24.8 Å². The molecule has 2 aromatic heterocycles. The molecule has 0 saturated carbocycles. The minimum Gasteiger partial charge on any atom is -0.377 e. The summed E-state index contributed by atoms with van der Waals surface area (Å²) in [4.78, 5) is 11.6. The highest BCUT2D eigenvalue weighted by molar-refractivity contribution is 7.92. The molecule has 0 spiro atoms. The third-order valence-electron chi connectivity index (χ3n) is 4.40. The first-order valence-electron chi connectivity index (χ1n) is 8.74. The van der Waals surface area contributed by atoms with Gasteiger partial charge in [0.15, 0.2) is 11.6 Å². The van der Waals surface area contributed by atoms with Gasteiger partial charge in [-0.05, 0) is 13.0 Å². The molecule has 3 heterocycles. The van der Waals surface area contributed by atoms with Gasteiger partial charge in [-0.3, -0.25) is 5.10 Å². The van der Waals surface area contributed by atoms with E-state index in [0.29, 0.717) is 24.9 Å². The molecule has 1 saturated heterocycles. The normalized spacial score (nSPS) is 18.0. The first kappa shape index (κ1) is 17.9. The summed E-state index contributed by atoms with van der Waals surface area (Å²) in [5, 5.41) is 8.02. The van der Waals surface area contributed by atoms with Crippen molar-refractivity contribution in [1.29, 1.82) is 0 Å². The van der Waals surface area contributed by atoms with Crippen LogP contribution in [0.4, 0.5) is 11.6 Å². The van der Waals surface area contributed by atoms with E-state index in [1.165, 1.54) is 0 Å². The number of ether oxygens (including phenoxy) is 1. The molecular weight excluding hydrogens is 364 g/mol. The number of nitrogens with zero attached hydrogens (tertiary/aromatic N) is 5. The van der Waals surface area contributed by atoms with Crippen molar-refractivity contribution in [2.24, 2.45) is 4.36 Å². The van der Waals surface area contributed by atoms with Crippen LogP contribution in [0.25, 0.3) is 22.3 Å². The molecule has 1 fully saturated rings. The number of benzene rings is 1. The van der Waals surface area contributed by atoms with Crippen molar-refractivity contribution in [1.82, 2.24) is 20.2 Å². The van der Waals surface area contributed by atoms with Gasteiger partial charge in [-0.2, -0.15) is 9.46 Å². The first-order chi connectivity index (χ1) is 12.9. The number of hydrogen-bond acceptors (Lipinski definition) is 7. The third-order valence-corrected chi connectivity index (χ3v) is 5.03. The third kappa shape index (κ3) is 3.79. The molecule has 1 N–H and O–H groups in total. The summed E-state index contributed by atoms with van der Waals surface area (Å²) in [5.41, 5.74) is 1.77. The zero-order valence-corrected chi connectivity index (χ0v) is 16.4. The topological polar surface area (TPSA) is 96.4 Å². The SMILES string of the molecule is C[C@@H]1COCCN1c1cc(N=S(C)(C)=O)nc(-c2cccc3[nH]ncc23)n1. The Balaban J connectivity index is 1.91. The van der Waals surface area contributed by atoms with Crippen LogP contribution in [0.1, 0.15) is 6.92 Å². The Morgan fingerprint density at radius 2 is 2.19 bits per heavy atom. The Labute approximate surface area is 158 Å². The molecule has 1 aromatic carbocycles. The zero-order chi connectivity index (χ0) is 19.0. The van der Waals surface area contributed by atoms with Gasteiger partial charge in [-0.1, -0.05) is 12.1 Å². The van der Waals surface area contributed by atoms with E-state index in [4.69, 9.17) is 9.72 Å². The Morgan fingerprint density at radius 3 is 2.96 bits per heavy atom. The standard InChI is InChI=1S/C18H22N6O2S/c1-12-11-26-8-7-24(12)17-9-16(23-27(2,3)25)20-18(21-17)13-5-4-6-15-14(13)10-19-22-15/h4-6,9-10,12H,7-8,11H2,1-3H3,(H,19,22)/t12-/m1/s1. The predicted molar refractivity (Wildman–Crippen MR) is 107 cm³/mol. The summed E-state index contributed by atoms with van der Waals surface area (Å²) in [6, 6.07) is 7.83. The second-order valence-electron chi connectivity index (χ2n) is 6.93. The fourth-order valence-electron chi connectivity index (χ4n) is 3.19. The van der Waals surface area contributed by atoms with Gasteiger partial charge in [0.05, 0.1) is 31.0 Å². The maximum atomic E-state index is 12.3. The summed E-state index contributed by atoms with van der Waals surface area (Å²) in [6.45, 7) is 4.12. The second kappa shape index (κ2) is 6.90. The van der Waals surface area contributed by atoms with Gasteiger partial charge in [0.1, 0.15) is 5.82 Å². The van der Waals surface area contributed by atoms with Crippen molar-refractivity contribution < 1.29 is 8.95 Å². The van der Waals surface area contributed by atoms with Crippen LogP contribution in [-0.2, 0) is 14.5 Å². The molecule has 142 valence electrons. The molecular formula is C18H22N6O2S. The smallest absolute Gasteiger partial charge is 0.167 e. The van der Waals surface area contributed by atoms with E-state index in [2.05, 4.69) is 31.4 Å². The van der Waals surface area contributed by atoms with Crippen molar-refractivity contribution >= 4 is 32.3 Å². The number of morpholine rings is 1. The molecule has 1 atom stereocenters. The minimum absolute atomic E-state index is 0.187. The lowest BCUT2D eigenvalue weighted by Gasteiger charge is -2.34. The van der Waals surface area contributed by atoms with Gasteiger partial charge in [0.2, 0.25) is 0 Å². The molecule has 27 heavy (non-hydrogen) atoms. The maximum Gasteiger partial charge on any atom is 0.167 e. The number of H-pyrrole nitrogens is 1. The van der Waals surface area contributed by atoms with Crippen molar-refractivity contribution in [2.75, 3.05) is 37.2 Å². The number of aromatic amines is 1. The zero-order valence-electron chi connectivity index (χ0n) is 15.5. The number of nitrogens with one attached hydrogen (secondary N) is 1. The number of rotatable bonds is 3. The summed E-state index contributed by atoms with van der Waals surface area (Å²) in [7, 11) is -2.35. The summed E-state index contributed by atoms with van der Waals surface area (Å²) in [5.74, 6) is 1.73. The van der Waals surface area contributed by atoms with Crippen LogP contribution in [-0.4, -0.2) is 62.7 Å². The van der Waals surface area contributed by atoms with Crippen LogP contribution in [0.2, 0.25) is 0 Å². The second-order valence-corrected chi connectivity index (χ2v) is 9.48. The molecule has 3 aromatic rings. The van der Waals surface area contributed by atoms with Crippen LogP contribution in [0.5, 0.6) is 0 Å². The molecule has 0 amide bonds. The number of aromatic nitrogens is 4. The van der Waals surface area contributed by atoms with E-state index in [-0.39, 0.29) is 6.04 Å². The van der Waals surface area contributed by atoms with Gasteiger partial charge in [0.25, 0.3) is 0 Å². The van der Waals surface area contributed by atoms with E-state index < -0.39 is 9.73 Å². The number of hydrogen-bond donors (Lipinski definition) is 1. The average Bonchev–Trinajstić information content (AvgIpc) is 3.09. The quantitative estimate of drug-likeness (QED) is 0.743. The lowest BCUT2D eigenvalue weighted by Crippen LogP contribution is -2.44. The molecule has 9 heteroatoms. The van der Waals surface area contributed by atoms with E-state index in [1.807, 2.05) is 18.2 Å². The molecule has 1 aliphatic heterocycles. The molecule has 4 rings (SSSR count). The lowest BCUT2D eigenvalue weighted by atomic mass is 10.1. The highest BCUT2D eigenvalue weighted by Crippen LogP contribution is 2.30.